The summed E-state index contributed by atoms with van der Waals surface area (Å²) < 4.78 is 10.4. The van der Waals surface area contributed by atoms with Crippen LogP contribution in [0.25, 0.3) is 0 Å². The normalized spacial score (nSPS) is 10.4. The lowest BCUT2D eigenvalue weighted by atomic mass is 9.98. The number of methoxy groups -OCH3 is 1. The maximum Gasteiger partial charge on any atom is 0.196 e. The monoisotopic (exact) mass is 244 g/mol. The molecule has 18 heavy (non-hydrogen) atoms. The number of carbonyl (C=O) groups is 1. The van der Waals surface area contributed by atoms with Gasteiger partial charge in [0.25, 0.3) is 0 Å². The highest BCUT2D eigenvalue weighted by Crippen LogP contribution is 2.24. The standard InChI is InChI=1S/C15H16O3/c1-9-6-14(17-4)10(2)5-13(9)15(16)12-7-11(3)18-8-12/h5-8H,1-4H3. The molecule has 1 heterocycles. The van der Waals surface area contributed by atoms with Crippen LogP contribution in [0.3, 0.4) is 0 Å². The van der Waals surface area contributed by atoms with Crippen LogP contribution in [0.2, 0.25) is 0 Å². The SMILES string of the molecule is COc1cc(C)c(C(=O)c2coc(C)c2)cc1C. The molecule has 0 fully saturated rings. The number of rotatable bonds is 3. The number of ketones is 1. The number of benzene rings is 1. The van der Waals surface area contributed by atoms with Gasteiger partial charge in [-0.15, -0.1) is 0 Å². The minimum absolute atomic E-state index is 0.0184. The summed E-state index contributed by atoms with van der Waals surface area (Å²) in [6.07, 6.45) is 1.50. The molecule has 0 aliphatic heterocycles. The van der Waals surface area contributed by atoms with E-state index < -0.39 is 0 Å². The summed E-state index contributed by atoms with van der Waals surface area (Å²) in [6, 6.07) is 5.50. The molecule has 0 atom stereocenters. The Labute approximate surface area is 106 Å². The molecule has 0 saturated heterocycles. The Morgan fingerprint density at radius 2 is 1.83 bits per heavy atom. The molecule has 2 rings (SSSR count). The molecule has 0 unspecified atom stereocenters. The van der Waals surface area contributed by atoms with Gasteiger partial charge in [0.2, 0.25) is 0 Å². The van der Waals surface area contributed by atoms with Gasteiger partial charge >= 0.3 is 0 Å². The van der Waals surface area contributed by atoms with Crippen molar-refractivity contribution in [1.29, 1.82) is 0 Å². The molecule has 0 saturated carbocycles. The minimum Gasteiger partial charge on any atom is -0.496 e. The van der Waals surface area contributed by atoms with E-state index in [1.807, 2.05) is 32.9 Å². The van der Waals surface area contributed by atoms with Gasteiger partial charge in [0.05, 0.1) is 12.7 Å². The molecule has 0 bridgehead atoms. The van der Waals surface area contributed by atoms with Gasteiger partial charge in [-0.3, -0.25) is 4.79 Å². The van der Waals surface area contributed by atoms with Crippen molar-refractivity contribution < 1.29 is 13.9 Å². The van der Waals surface area contributed by atoms with Gasteiger partial charge in [-0.05, 0) is 50.1 Å². The summed E-state index contributed by atoms with van der Waals surface area (Å²) >= 11 is 0. The summed E-state index contributed by atoms with van der Waals surface area (Å²) in [7, 11) is 1.63. The number of hydrogen-bond acceptors (Lipinski definition) is 3. The predicted octanol–water partition coefficient (Wildman–Crippen LogP) is 3.44. The van der Waals surface area contributed by atoms with Gasteiger partial charge in [0, 0.05) is 5.56 Å². The number of carbonyl (C=O) groups excluding carboxylic acids is 1. The van der Waals surface area contributed by atoms with Gasteiger partial charge in [-0.2, -0.15) is 0 Å². The fourth-order valence-corrected chi connectivity index (χ4v) is 1.97. The van der Waals surface area contributed by atoms with Crippen LogP contribution < -0.4 is 4.74 Å². The van der Waals surface area contributed by atoms with Gasteiger partial charge in [-0.25, -0.2) is 0 Å². The number of ether oxygens (including phenoxy) is 1. The van der Waals surface area contributed by atoms with Crippen molar-refractivity contribution >= 4 is 5.78 Å². The molecule has 0 aliphatic carbocycles. The average Bonchev–Trinajstić information content (AvgIpc) is 2.77. The van der Waals surface area contributed by atoms with Crippen molar-refractivity contribution in [3.8, 4) is 5.75 Å². The Kier molecular flexibility index (Phi) is 3.24. The number of furan rings is 1. The molecule has 1 aromatic carbocycles. The topological polar surface area (TPSA) is 39.4 Å². The minimum atomic E-state index is -0.0184. The van der Waals surface area contributed by atoms with E-state index in [9.17, 15) is 4.79 Å². The largest absolute Gasteiger partial charge is 0.496 e. The smallest absolute Gasteiger partial charge is 0.196 e. The van der Waals surface area contributed by atoms with Crippen LogP contribution in [0, 0.1) is 20.8 Å². The highest BCUT2D eigenvalue weighted by Gasteiger charge is 2.15. The summed E-state index contributed by atoms with van der Waals surface area (Å²) in [4.78, 5) is 12.3. The third-order valence-electron chi connectivity index (χ3n) is 2.98. The van der Waals surface area contributed by atoms with E-state index in [-0.39, 0.29) is 5.78 Å². The summed E-state index contributed by atoms with van der Waals surface area (Å²) in [5.41, 5.74) is 3.13. The van der Waals surface area contributed by atoms with Crippen molar-refractivity contribution in [1.82, 2.24) is 0 Å². The van der Waals surface area contributed by atoms with E-state index in [0.717, 1.165) is 22.6 Å². The first-order valence-electron chi connectivity index (χ1n) is 5.78. The molecular formula is C15H16O3. The third-order valence-corrected chi connectivity index (χ3v) is 2.98. The molecule has 0 amide bonds. The fraction of sp³-hybridized carbons (Fsp3) is 0.267. The first-order valence-corrected chi connectivity index (χ1v) is 5.78. The van der Waals surface area contributed by atoms with Crippen molar-refractivity contribution in [2.75, 3.05) is 7.11 Å². The summed E-state index contributed by atoms with van der Waals surface area (Å²) in [5, 5.41) is 0. The molecule has 2 aromatic rings. The number of aryl methyl sites for hydroxylation is 3. The number of hydrogen-bond donors (Lipinski definition) is 0. The second-order valence-corrected chi connectivity index (χ2v) is 4.41. The summed E-state index contributed by atoms with van der Waals surface area (Å²) in [6.45, 7) is 5.65. The third kappa shape index (κ3) is 2.16. The van der Waals surface area contributed by atoms with Crippen LogP contribution >= 0.6 is 0 Å². The lowest BCUT2D eigenvalue weighted by molar-refractivity contribution is 0.103. The van der Waals surface area contributed by atoms with E-state index in [4.69, 9.17) is 9.15 Å². The lowest BCUT2D eigenvalue weighted by Crippen LogP contribution is -2.04. The zero-order valence-electron chi connectivity index (χ0n) is 11.0. The Hall–Kier alpha value is -2.03. The Balaban J connectivity index is 2.45. The van der Waals surface area contributed by atoms with Crippen molar-refractivity contribution in [2.24, 2.45) is 0 Å². The van der Waals surface area contributed by atoms with Gasteiger partial charge in [0.15, 0.2) is 5.78 Å². The molecule has 0 aliphatic rings. The molecule has 0 spiro atoms. The zero-order valence-corrected chi connectivity index (χ0v) is 11.0. The zero-order chi connectivity index (χ0) is 13.3. The molecule has 0 N–H and O–H groups in total. The first kappa shape index (κ1) is 12.4. The average molecular weight is 244 g/mol. The van der Waals surface area contributed by atoms with Crippen molar-refractivity contribution in [3.63, 3.8) is 0 Å². The molecule has 0 radical (unpaired) electrons. The highest BCUT2D eigenvalue weighted by molar-refractivity contribution is 6.10. The van der Waals surface area contributed by atoms with E-state index in [1.54, 1.807) is 13.2 Å². The molecule has 1 aromatic heterocycles. The lowest BCUT2D eigenvalue weighted by Gasteiger charge is -2.09. The van der Waals surface area contributed by atoms with Crippen molar-refractivity contribution in [2.45, 2.75) is 20.8 Å². The molecule has 3 nitrogen and oxygen atoms in total. The quantitative estimate of drug-likeness (QED) is 0.776. The van der Waals surface area contributed by atoms with Crippen LogP contribution in [0.15, 0.2) is 28.9 Å². The fourth-order valence-electron chi connectivity index (χ4n) is 1.97. The van der Waals surface area contributed by atoms with Crippen LogP contribution in [0.5, 0.6) is 5.75 Å². The van der Waals surface area contributed by atoms with Gasteiger partial charge < -0.3 is 9.15 Å². The van der Waals surface area contributed by atoms with Gasteiger partial charge in [0.1, 0.15) is 17.8 Å². The maximum atomic E-state index is 12.3. The van der Waals surface area contributed by atoms with Gasteiger partial charge in [-0.1, -0.05) is 0 Å². The van der Waals surface area contributed by atoms with E-state index in [2.05, 4.69) is 0 Å². The Morgan fingerprint density at radius 1 is 1.11 bits per heavy atom. The van der Waals surface area contributed by atoms with E-state index in [0.29, 0.717) is 11.1 Å². The molecule has 3 heteroatoms. The second-order valence-electron chi connectivity index (χ2n) is 4.41. The Morgan fingerprint density at radius 3 is 2.39 bits per heavy atom. The molecular weight excluding hydrogens is 228 g/mol. The summed E-state index contributed by atoms with van der Waals surface area (Å²) in [5.74, 6) is 1.52. The highest BCUT2D eigenvalue weighted by atomic mass is 16.5. The van der Waals surface area contributed by atoms with Crippen LogP contribution in [0.4, 0.5) is 0 Å². The second kappa shape index (κ2) is 4.69. The first-order chi connectivity index (χ1) is 8.52. The maximum absolute atomic E-state index is 12.3. The van der Waals surface area contributed by atoms with Crippen LogP contribution in [-0.4, -0.2) is 12.9 Å². The van der Waals surface area contributed by atoms with E-state index in [1.165, 1.54) is 6.26 Å². The predicted molar refractivity (Wildman–Crippen MR) is 69.3 cm³/mol. The van der Waals surface area contributed by atoms with E-state index >= 15 is 0 Å². The molecule has 94 valence electrons. The van der Waals surface area contributed by atoms with Crippen molar-refractivity contribution in [3.05, 3.63) is 52.5 Å². The Bertz CT molecular complexity index is 594. The van der Waals surface area contributed by atoms with Crippen LogP contribution in [0.1, 0.15) is 32.8 Å². The van der Waals surface area contributed by atoms with Crippen LogP contribution in [-0.2, 0) is 0 Å².